The number of hydrogen-bond donors (Lipinski definition) is 2. The van der Waals surface area contributed by atoms with Crippen molar-refractivity contribution < 1.29 is 14.8 Å². The number of hydrogen-bond acceptors (Lipinski definition) is 8. The van der Waals surface area contributed by atoms with Crippen LogP contribution >= 0.6 is 11.6 Å². The van der Waals surface area contributed by atoms with Gasteiger partial charge in [0.15, 0.2) is 5.69 Å². The number of carbonyl (C=O) groups is 1. The molecule has 0 bridgehead atoms. The maximum atomic E-state index is 12.9. The summed E-state index contributed by atoms with van der Waals surface area (Å²) in [5, 5.41) is 34.8. The lowest BCUT2D eigenvalue weighted by Gasteiger charge is -2.32. The molecule has 0 saturated carbocycles. The summed E-state index contributed by atoms with van der Waals surface area (Å²) in [6.45, 7) is 4.05. The van der Waals surface area contributed by atoms with Gasteiger partial charge in [-0.25, -0.2) is 0 Å². The fourth-order valence-corrected chi connectivity index (χ4v) is 4.59. The van der Waals surface area contributed by atoms with Crippen molar-refractivity contribution in [1.29, 1.82) is 0 Å². The molecule has 4 aromatic rings. The standard InChI is InChI=1S/C27H26ClN7O4/c1-32-12-14-33(15-13-32)17-34-23-5-3-2-4-21(23)25(27(34)37)30-31-26(36)18-6-11-22(24(16-18)35(38)39)29-20-9-7-19(28)8-10-20/h2-11,16,29,37H,12-15,17H2,1H3. The summed E-state index contributed by atoms with van der Waals surface area (Å²) in [7, 11) is 2.08. The molecule has 2 heterocycles. The first-order valence-electron chi connectivity index (χ1n) is 12.3. The van der Waals surface area contributed by atoms with Crippen molar-refractivity contribution in [3.05, 3.63) is 87.4 Å². The summed E-state index contributed by atoms with van der Waals surface area (Å²) in [6, 6.07) is 18.1. The van der Waals surface area contributed by atoms with Gasteiger partial charge in [0.2, 0.25) is 5.88 Å². The third-order valence-corrected chi connectivity index (χ3v) is 6.91. The summed E-state index contributed by atoms with van der Waals surface area (Å²) in [6.07, 6.45) is 0. The number of aromatic nitrogens is 1. The lowest BCUT2D eigenvalue weighted by atomic mass is 10.1. The predicted molar refractivity (Wildman–Crippen MR) is 149 cm³/mol. The van der Waals surface area contributed by atoms with Gasteiger partial charge >= 0.3 is 0 Å². The smallest absolute Gasteiger partial charge is 0.295 e. The molecule has 0 spiro atoms. The quantitative estimate of drug-likeness (QED) is 0.170. The Hall–Kier alpha value is -4.32. The van der Waals surface area contributed by atoms with Crippen molar-refractivity contribution in [2.75, 3.05) is 38.5 Å². The molecule has 200 valence electrons. The number of azo groups is 1. The van der Waals surface area contributed by atoms with Crippen LogP contribution in [0.4, 0.5) is 22.7 Å². The molecule has 1 amide bonds. The molecule has 3 aromatic carbocycles. The number of piperazine rings is 1. The minimum absolute atomic E-state index is 0.00669. The minimum atomic E-state index is -0.772. The molecule has 39 heavy (non-hydrogen) atoms. The van der Waals surface area contributed by atoms with Gasteiger partial charge in [0.05, 0.1) is 22.7 Å². The van der Waals surface area contributed by atoms with E-state index in [1.54, 1.807) is 34.9 Å². The largest absolute Gasteiger partial charge is 0.493 e. The highest BCUT2D eigenvalue weighted by atomic mass is 35.5. The average molecular weight is 548 g/mol. The Morgan fingerprint density at radius 1 is 1.08 bits per heavy atom. The Morgan fingerprint density at radius 2 is 1.79 bits per heavy atom. The molecule has 1 saturated heterocycles. The molecular weight excluding hydrogens is 522 g/mol. The first-order chi connectivity index (χ1) is 18.8. The highest BCUT2D eigenvalue weighted by molar-refractivity contribution is 6.30. The zero-order chi connectivity index (χ0) is 27.5. The van der Waals surface area contributed by atoms with E-state index in [9.17, 15) is 20.0 Å². The van der Waals surface area contributed by atoms with E-state index in [2.05, 4.69) is 32.4 Å². The van der Waals surface area contributed by atoms with Crippen LogP contribution < -0.4 is 5.32 Å². The third kappa shape index (κ3) is 5.75. The Labute approximate surface area is 229 Å². The van der Waals surface area contributed by atoms with Crippen LogP contribution in [0.15, 0.2) is 77.0 Å². The highest BCUT2D eigenvalue weighted by Gasteiger charge is 2.22. The number of halogens is 1. The van der Waals surface area contributed by atoms with Crippen LogP contribution in [0.1, 0.15) is 10.4 Å². The maximum absolute atomic E-state index is 12.9. The first kappa shape index (κ1) is 26.3. The van der Waals surface area contributed by atoms with E-state index in [-0.39, 0.29) is 28.5 Å². The number of nitrogens with one attached hydrogen (secondary N) is 1. The van der Waals surface area contributed by atoms with E-state index in [0.717, 1.165) is 37.8 Å². The summed E-state index contributed by atoms with van der Waals surface area (Å²) < 4.78 is 1.75. The minimum Gasteiger partial charge on any atom is -0.493 e. The molecule has 11 nitrogen and oxygen atoms in total. The van der Waals surface area contributed by atoms with E-state index in [4.69, 9.17) is 11.6 Å². The number of carbonyl (C=O) groups excluding carboxylic acids is 1. The topological polar surface area (TPSA) is 129 Å². The molecule has 12 heteroatoms. The van der Waals surface area contributed by atoms with Crippen LogP contribution in [0.5, 0.6) is 5.88 Å². The number of nitro benzene ring substituents is 1. The molecule has 1 fully saturated rings. The Kier molecular flexibility index (Phi) is 7.55. The molecule has 0 radical (unpaired) electrons. The van der Waals surface area contributed by atoms with Crippen LogP contribution in [-0.4, -0.2) is 63.5 Å². The highest BCUT2D eigenvalue weighted by Crippen LogP contribution is 2.39. The van der Waals surface area contributed by atoms with Gasteiger partial charge < -0.3 is 15.3 Å². The number of nitrogens with zero attached hydrogens (tertiary/aromatic N) is 6. The van der Waals surface area contributed by atoms with Crippen LogP contribution in [0, 0.1) is 10.1 Å². The number of nitro groups is 1. The first-order valence-corrected chi connectivity index (χ1v) is 12.7. The van der Waals surface area contributed by atoms with Gasteiger partial charge in [0.25, 0.3) is 11.6 Å². The third-order valence-electron chi connectivity index (χ3n) is 6.66. The van der Waals surface area contributed by atoms with Crippen molar-refractivity contribution in [1.82, 2.24) is 14.4 Å². The van der Waals surface area contributed by atoms with E-state index in [1.165, 1.54) is 12.1 Å². The van der Waals surface area contributed by atoms with Crippen LogP contribution in [0.25, 0.3) is 10.9 Å². The molecule has 1 aliphatic heterocycles. The van der Waals surface area contributed by atoms with E-state index >= 15 is 0 Å². The predicted octanol–water partition coefficient (Wildman–Crippen LogP) is 5.78. The van der Waals surface area contributed by atoms with Crippen LogP contribution in [-0.2, 0) is 6.67 Å². The average Bonchev–Trinajstić information content (AvgIpc) is 3.20. The fourth-order valence-electron chi connectivity index (χ4n) is 4.47. The molecule has 0 atom stereocenters. The molecule has 2 N–H and O–H groups in total. The van der Waals surface area contributed by atoms with Crippen molar-refractivity contribution >= 4 is 51.2 Å². The van der Waals surface area contributed by atoms with E-state index in [1.807, 2.05) is 18.2 Å². The zero-order valence-corrected chi connectivity index (χ0v) is 21.9. The monoisotopic (exact) mass is 547 g/mol. The van der Waals surface area contributed by atoms with Gasteiger partial charge in [-0.3, -0.25) is 24.4 Å². The van der Waals surface area contributed by atoms with Gasteiger partial charge in [-0.2, -0.15) is 0 Å². The zero-order valence-electron chi connectivity index (χ0n) is 21.1. The normalized spacial score (nSPS) is 14.7. The molecule has 0 unspecified atom stereocenters. The van der Waals surface area contributed by atoms with E-state index in [0.29, 0.717) is 22.8 Å². The van der Waals surface area contributed by atoms with Crippen molar-refractivity contribution in [3.8, 4) is 5.88 Å². The summed E-state index contributed by atoms with van der Waals surface area (Å²) in [4.78, 5) is 28.5. The number of para-hydroxylation sites is 1. The number of rotatable bonds is 7. The van der Waals surface area contributed by atoms with Crippen molar-refractivity contribution in [2.24, 2.45) is 10.2 Å². The molecule has 0 aliphatic carbocycles. The van der Waals surface area contributed by atoms with Gasteiger partial charge in [-0.05, 0) is 49.5 Å². The number of amides is 1. The molecular formula is C27H26ClN7O4. The lowest BCUT2D eigenvalue weighted by Crippen LogP contribution is -2.44. The van der Waals surface area contributed by atoms with Gasteiger partial charge in [0.1, 0.15) is 5.69 Å². The summed E-state index contributed by atoms with van der Waals surface area (Å²) >= 11 is 5.90. The van der Waals surface area contributed by atoms with Crippen LogP contribution in [0.3, 0.4) is 0 Å². The molecule has 1 aromatic heterocycles. The molecule has 1 aliphatic rings. The lowest BCUT2D eigenvalue weighted by molar-refractivity contribution is -0.383. The number of aromatic hydroxyl groups is 1. The van der Waals surface area contributed by atoms with E-state index < -0.39 is 10.8 Å². The van der Waals surface area contributed by atoms with Crippen LogP contribution in [0.2, 0.25) is 5.02 Å². The second-order valence-corrected chi connectivity index (χ2v) is 9.74. The van der Waals surface area contributed by atoms with Gasteiger partial charge in [-0.15, -0.1) is 10.2 Å². The summed E-state index contributed by atoms with van der Waals surface area (Å²) in [5.41, 5.74) is 1.45. The van der Waals surface area contributed by atoms with Crippen molar-refractivity contribution in [3.63, 3.8) is 0 Å². The summed E-state index contributed by atoms with van der Waals surface area (Å²) in [5.74, 6) is -0.869. The Bertz CT molecular complexity index is 1560. The number of anilines is 2. The Balaban J connectivity index is 1.40. The Morgan fingerprint density at radius 3 is 2.51 bits per heavy atom. The maximum Gasteiger partial charge on any atom is 0.295 e. The van der Waals surface area contributed by atoms with Gasteiger partial charge in [0, 0.05) is 48.3 Å². The van der Waals surface area contributed by atoms with Gasteiger partial charge in [-0.1, -0.05) is 29.8 Å². The number of likely N-dealkylation sites (N-methyl/N-ethyl adjacent to an activating group) is 1. The molecule has 5 rings (SSSR count). The number of benzene rings is 3. The second kappa shape index (κ2) is 11.2. The second-order valence-electron chi connectivity index (χ2n) is 9.31. The fraction of sp³-hybridized carbons (Fsp3) is 0.222. The van der Waals surface area contributed by atoms with Crippen molar-refractivity contribution in [2.45, 2.75) is 6.67 Å². The SMILES string of the molecule is CN1CCN(Cn2c(O)c(N=NC(=O)c3ccc(Nc4ccc(Cl)cc4)c([N+](=O)[O-])c3)c3ccccc32)CC1. The number of fused-ring (bicyclic) bond motifs is 1.